The van der Waals surface area contributed by atoms with E-state index in [2.05, 4.69) is 21.4 Å². The Kier molecular flexibility index (Phi) is 4.78. The zero-order valence-corrected chi connectivity index (χ0v) is 14.7. The Hall–Kier alpha value is -3.28. The van der Waals surface area contributed by atoms with Gasteiger partial charge in [0.05, 0.1) is 0 Å². The zero-order chi connectivity index (χ0) is 18.6. The van der Waals surface area contributed by atoms with Crippen LogP contribution in [0.3, 0.4) is 0 Å². The molecule has 2 heterocycles. The Morgan fingerprint density at radius 1 is 1.11 bits per heavy atom. The van der Waals surface area contributed by atoms with Gasteiger partial charge in [0.2, 0.25) is 5.95 Å². The molecule has 3 aromatic rings. The second-order valence-electron chi connectivity index (χ2n) is 6.40. The zero-order valence-electron chi connectivity index (χ0n) is 14.7. The predicted molar refractivity (Wildman–Crippen MR) is 102 cm³/mol. The molecule has 1 N–H and O–H groups in total. The maximum absolute atomic E-state index is 13.7. The third kappa shape index (κ3) is 3.65. The van der Waals surface area contributed by atoms with E-state index < -0.39 is 0 Å². The fourth-order valence-electron chi connectivity index (χ4n) is 3.26. The number of rotatable bonds is 4. The quantitative estimate of drug-likeness (QED) is 0.767. The Morgan fingerprint density at radius 3 is 2.81 bits per heavy atom. The van der Waals surface area contributed by atoms with Gasteiger partial charge in [-0.2, -0.15) is 0 Å². The Bertz CT molecular complexity index is 976. The number of carbonyl (C=O) groups excluding carboxylic acids is 1. The number of aromatic nitrogens is 2. The Morgan fingerprint density at radius 2 is 1.93 bits per heavy atom. The summed E-state index contributed by atoms with van der Waals surface area (Å²) in [5.74, 6) is -0.143. The Balaban J connectivity index is 1.53. The molecule has 27 heavy (non-hydrogen) atoms. The van der Waals surface area contributed by atoms with E-state index in [0.29, 0.717) is 23.8 Å². The summed E-state index contributed by atoms with van der Waals surface area (Å²) in [5, 5.41) is 2.99. The van der Waals surface area contributed by atoms with Crippen LogP contribution in [0.2, 0.25) is 0 Å². The van der Waals surface area contributed by atoms with Crippen molar-refractivity contribution in [3.8, 4) is 0 Å². The maximum atomic E-state index is 13.7. The van der Waals surface area contributed by atoms with Crippen LogP contribution in [0.15, 0.2) is 60.8 Å². The number of aryl methyl sites for hydroxylation is 1. The van der Waals surface area contributed by atoms with Gasteiger partial charge in [-0.15, -0.1) is 0 Å². The third-order valence-corrected chi connectivity index (χ3v) is 4.62. The molecule has 1 aliphatic heterocycles. The molecule has 1 amide bonds. The van der Waals surface area contributed by atoms with Crippen LogP contribution in [0.25, 0.3) is 0 Å². The standard InChI is InChI=1S/C21H19FN4O/c22-17-9-3-1-7-16(17)14-24-21-23-12-11-18(25-21)20(27)26-13-5-8-15-6-2-4-10-19(15)26/h1-4,6-7,9-12H,5,8,13-14H2,(H,23,24,25). The smallest absolute Gasteiger partial charge is 0.277 e. The summed E-state index contributed by atoms with van der Waals surface area (Å²) in [4.78, 5) is 23.2. The highest BCUT2D eigenvalue weighted by Crippen LogP contribution is 2.27. The lowest BCUT2D eigenvalue weighted by Crippen LogP contribution is -2.36. The van der Waals surface area contributed by atoms with Gasteiger partial charge in [-0.25, -0.2) is 14.4 Å². The van der Waals surface area contributed by atoms with Gasteiger partial charge in [0.15, 0.2) is 0 Å². The second-order valence-corrected chi connectivity index (χ2v) is 6.40. The minimum absolute atomic E-state index is 0.154. The molecule has 0 aliphatic carbocycles. The summed E-state index contributed by atoms with van der Waals surface area (Å²) in [5.41, 5.74) is 2.94. The van der Waals surface area contributed by atoms with E-state index in [0.717, 1.165) is 18.5 Å². The van der Waals surface area contributed by atoms with E-state index in [1.54, 1.807) is 35.4 Å². The maximum Gasteiger partial charge on any atom is 0.277 e. The summed E-state index contributed by atoms with van der Waals surface area (Å²) in [7, 11) is 0. The van der Waals surface area contributed by atoms with Crippen molar-refractivity contribution >= 4 is 17.5 Å². The van der Waals surface area contributed by atoms with E-state index in [1.807, 2.05) is 18.2 Å². The van der Waals surface area contributed by atoms with Gasteiger partial charge in [-0.05, 0) is 36.6 Å². The van der Waals surface area contributed by atoms with E-state index in [9.17, 15) is 9.18 Å². The molecule has 2 aromatic carbocycles. The van der Waals surface area contributed by atoms with Crippen LogP contribution in [0, 0.1) is 5.82 Å². The van der Waals surface area contributed by atoms with Crippen molar-refractivity contribution < 1.29 is 9.18 Å². The largest absolute Gasteiger partial charge is 0.350 e. The van der Waals surface area contributed by atoms with Crippen LogP contribution < -0.4 is 10.2 Å². The molecular weight excluding hydrogens is 343 g/mol. The van der Waals surface area contributed by atoms with Gasteiger partial charge in [0.25, 0.3) is 5.91 Å². The number of nitrogens with zero attached hydrogens (tertiary/aromatic N) is 3. The molecule has 1 aromatic heterocycles. The molecule has 0 atom stereocenters. The number of fused-ring (bicyclic) bond motifs is 1. The number of amides is 1. The topological polar surface area (TPSA) is 58.1 Å². The molecule has 0 radical (unpaired) electrons. The third-order valence-electron chi connectivity index (χ3n) is 4.62. The first-order valence-electron chi connectivity index (χ1n) is 8.92. The molecule has 5 nitrogen and oxygen atoms in total. The lowest BCUT2D eigenvalue weighted by Gasteiger charge is -2.29. The van der Waals surface area contributed by atoms with Crippen LogP contribution in [-0.4, -0.2) is 22.4 Å². The van der Waals surface area contributed by atoms with Gasteiger partial charge in [0.1, 0.15) is 11.5 Å². The number of benzene rings is 2. The molecule has 0 unspecified atom stereocenters. The van der Waals surface area contributed by atoms with Gasteiger partial charge in [-0.3, -0.25) is 4.79 Å². The minimum Gasteiger partial charge on any atom is -0.350 e. The first-order chi connectivity index (χ1) is 13.2. The van der Waals surface area contributed by atoms with E-state index in [-0.39, 0.29) is 18.3 Å². The van der Waals surface area contributed by atoms with Crippen LogP contribution in [0.5, 0.6) is 0 Å². The molecule has 0 saturated heterocycles. The molecule has 1 aliphatic rings. The molecular formula is C21H19FN4O. The van der Waals surface area contributed by atoms with Crippen molar-refractivity contribution in [2.75, 3.05) is 16.8 Å². The summed E-state index contributed by atoms with van der Waals surface area (Å²) >= 11 is 0. The van der Waals surface area contributed by atoms with E-state index in [4.69, 9.17) is 0 Å². The second kappa shape index (κ2) is 7.53. The first-order valence-corrected chi connectivity index (χ1v) is 8.92. The van der Waals surface area contributed by atoms with E-state index in [1.165, 1.54) is 11.6 Å². The van der Waals surface area contributed by atoms with Crippen molar-refractivity contribution in [1.82, 2.24) is 9.97 Å². The van der Waals surface area contributed by atoms with Crippen molar-refractivity contribution in [2.45, 2.75) is 19.4 Å². The van der Waals surface area contributed by atoms with Gasteiger partial charge in [-0.1, -0.05) is 36.4 Å². The van der Waals surface area contributed by atoms with Crippen LogP contribution in [-0.2, 0) is 13.0 Å². The fraction of sp³-hybridized carbons (Fsp3) is 0.190. The summed E-state index contributed by atoms with van der Waals surface area (Å²) in [6.07, 6.45) is 3.44. The van der Waals surface area contributed by atoms with Crippen molar-refractivity contribution in [3.05, 3.63) is 83.4 Å². The highest BCUT2D eigenvalue weighted by Gasteiger charge is 2.24. The number of halogens is 1. The van der Waals surface area contributed by atoms with Crippen LogP contribution >= 0.6 is 0 Å². The predicted octanol–water partition coefficient (Wildman–Crippen LogP) is 3.82. The number of carbonyl (C=O) groups is 1. The molecule has 0 bridgehead atoms. The number of hydrogen-bond acceptors (Lipinski definition) is 4. The monoisotopic (exact) mass is 362 g/mol. The van der Waals surface area contributed by atoms with Crippen molar-refractivity contribution in [3.63, 3.8) is 0 Å². The van der Waals surface area contributed by atoms with Gasteiger partial charge >= 0.3 is 0 Å². The normalized spacial score (nSPS) is 13.1. The van der Waals surface area contributed by atoms with Gasteiger partial charge < -0.3 is 10.2 Å². The molecule has 6 heteroatoms. The van der Waals surface area contributed by atoms with Gasteiger partial charge in [0, 0.05) is 30.5 Å². The van der Waals surface area contributed by atoms with E-state index >= 15 is 0 Å². The molecule has 4 rings (SSSR count). The number of anilines is 2. The number of hydrogen-bond donors (Lipinski definition) is 1. The lowest BCUT2D eigenvalue weighted by molar-refractivity contribution is 0.0980. The minimum atomic E-state index is -0.290. The summed E-state index contributed by atoms with van der Waals surface area (Å²) in [6, 6.07) is 16.1. The average molecular weight is 362 g/mol. The fourth-order valence-corrected chi connectivity index (χ4v) is 3.26. The lowest BCUT2D eigenvalue weighted by atomic mass is 10.0. The molecule has 0 fully saturated rings. The SMILES string of the molecule is O=C(c1ccnc(NCc2ccccc2F)n1)N1CCCc2ccccc21. The molecule has 0 spiro atoms. The average Bonchev–Trinajstić information content (AvgIpc) is 2.72. The van der Waals surface area contributed by atoms with Crippen LogP contribution in [0.1, 0.15) is 28.0 Å². The molecule has 136 valence electrons. The molecule has 0 saturated carbocycles. The summed E-state index contributed by atoms with van der Waals surface area (Å²) < 4.78 is 13.7. The van der Waals surface area contributed by atoms with Crippen LogP contribution in [0.4, 0.5) is 16.0 Å². The number of nitrogens with one attached hydrogen (secondary N) is 1. The highest BCUT2D eigenvalue weighted by molar-refractivity contribution is 6.05. The highest BCUT2D eigenvalue weighted by atomic mass is 19.1. The van der Waals surface area contributed by atoms with Crippen molar-refractivity contribution in [2.24, 2.45) is 0 Å². The Labute approximate surface area is 156 Å². The summed E-state index contributed by atoms with van der Waals surface area (Å²) in [6.45, 7) is 0.911. The van der Waals surface area contributed by atoms with Crippen molar-refractivity contribution in [1.29, 1.82) is 0 Å². The number of para-hydroxylation sites is 1. The first kappa shape index (κ1) is 17.1.